The van der Waals surface area contributed by atoms with Gasteiger partial charge in [0.05, 0.1) is 11.7 Å². The fraction of sp³-hybridized carbons (Fsp3) is 0.350. The maximum atomic E-state index is 13.9. The molecule has 1 heterocycles. The first-order valence-electron chi connectivity index (χ1n) is 9.03. The number of amides is 2. The van der Waals surface area contributed by atoms with E-state index in [-0.39, 0.29) is 23.6 Å². The standard InChI is InChI=1S/C20H22F3N3O2/c1-14(15-6-8-16(9-7-15)28-19(22)23)24-20(27)26-12-10-25(11-13-26)18-5-3-2-4-17(18)21/h2-9,14,19H,10-13H2,1H3,(H,24,27). The molecule has 28 heavy (non-hydrogen) atoms. The Balaban J connectivity index is 1.52. The van der Waals surface area contributed by atoms with E-state index in [1.54, 1.807) is 35.2 Å². The number of hydrogen-bond acceptors (Lipinski definition) is 3. The molecular weight excluding hydrogens is 371 g/mol. The molecule has 0 spiro atoms. The van der Waals surface area contributed by atoms with Gasteiger partial charge in [0.2, 0.25) is 0 Å². The van der Waals surface area contributed by atoms with Crippen molar-refractivity contribution in [1.29, 1.82) is 0 Å². The van der Waals surface area contributed by atoms with E-state index in [0.717, 1.165) is 5.56 Å². The Morgan fingerprint density at radius 1 is 1.04 bits per heavy atom. The topological polar surface area (TPSA) is 44.8 Å². The molecule has 0 bridgehead atoms. The van der Waals surface area contributed by atoms with E-state index in [9.17, 15) is 18.0 Å². The zero-order valence-electron chi connectivity index (χ0n) is 15.4. The first-order chi connectivity index (χ1) is 13.4. The highest BCUT2D eigenvalue weighted by molar-refractivity contribution is 5.75. The third-order valence-corrected chi connectivity index (χ3v) is 4.71. The Morgan fingerprint density at radius 2 is 1.68 bits per heavy atom. The molecular formula is C20H22F3N3O2. The predicted molar refractivity (Wildman–Crippen MR) is 100 cm³/mol. The zero-order valence-corrected chi connectivity index (χ0v) is 15.4. The minimum Gasteiger partial charge on any atom is -0.435 e. The van der Waals surface area contributed by atoms with Crippen LogP contribution in [-0.2, 0) is 0 Å². The number of alkyl halides is 2. The van der Waals surface area contributed by atoms with Crippen LogP contribution in [0.15, 0.2) is 48.5 Å². The van der Waals surface area contributed by atoms with Gasteiger partial charge in [0.25, 0.3) is 0 Å². The van der Waals surface area contributed by atoms with Crippen molar-refractivity contribution in [2.75, 3.05) is 31.1 Å². The molecule has 1 fully saturated rings. The van der Waals surface area contributed by atoms with Crippen molar-refractivity contribution in [3.8, 4) is 5.75 Å². The van der Waals surface area contributed by atoms with Gasteiger partial charge in [-0.25, -0.2) is 9.18 Å². The summed E-state index contributed by atoms with van der Waals surface area (Å²) in [5.41, 5.74) is 1.32. The average Bonchev–Trinajstić information content (AvgIpc) is 2.68. The van der Waals surface area contributed by atoms with Crippen molar-refractivity contribution in [2.24, 2.45) is 0 Å². The van der Waals surface area contributed by atoms with Crippen LogP contribution >= 0.6 is 0 Å². The fourth-order valence-corrected chi connectivity index (χ4v) is 3.16. The third kappa shape index (κ3) is 4.88. The number of urea groups is 1. The quantitative estimate of drug-likeness (QED) is 0.835. The second-order valence-corrected chi connectivity index (χ2v) is 6.54. The molecule has 2 aromatic carbocycles. The molecule has 8 heteroatoms. The average molecular weight is 393 g/mol. The highest BCUT2D eigenvalue weighted by atomic mass is 19.3. The highest BCUT2D eigenvalue weighted by Crippen LogP contribution is 2.21. The van der Waals surface area contributed by atoms with Gasteiger partial charge in [-0.3, -0.25) is 0 Å². The smallest absolute Gasteiger partial charge is 0.387 e. The molecule has 3 rings (SSSR count). The van der Waals surface area contributed by atoms with Crippen molar-refractivity contribution in [1.82, 2.24) is 10.2 Å². The summed E-state index contributed by atoms with van der Waals surface area (Å²) in [5.74, 6) is -0.199. The van der Waals surface area contributed by atoms with E-state index in [0.29, 0.717) is 31.9 Å². The summed E-state index contributed by atoms with van der Waals surface area (Å²) in [7, 11) is 0. The number of nitrogens with one attached hydrogen (secondary N) is 1. The number of nitrogens with zero attached hydrogens (tertiary/aromatic N) is 2. The van der Waals surface area contributed by atoms with E-state index in [2.05, 4.69) is 10.1 Å². The van der Waals surface area contributed by atoms with E-state index in [1.165, 1.54) is 18.2 Å². The molecule has 2 aromatic rings. The molecule has 0 saturated carbocycles. The van der Waals surface area contributed by atoms with Crippen LogP contribution in [-0.4, -0.2) is 43.7 Å². The van der Waals surface area contributed by atoms with Crippen LogP contribution in [0.3, 0.4) is 0 Å². The second-order valence-electron chi connectivity index (χ2n) is 6.54. The molecule has 1 atom stereocenters. The summed E-state index contributed by atoms with van der Waals surface area (Å²) < 4.78 is 42.6. The highest BCUT2D eigenvalue weighted by Gasteiger charge is 2.23. The lowest BCUT2D eigenvalue weighted by molar-refractivity contribution is -0.0498. The number of ether oxygens (including phenoxy) is 1. The Labute approximate surface area is 161 Å². The van der Waals surface area contributed by atoms with Crippen LogP contribution in [0.1, 0.15) is 18.5 Å². The molecule has 1 aliphatic rings. The SMILES string of the molecule is CC(NC(=O)N1CCN(c2ccccc2F)CC1)c1ccc(OC(F)F)cc1. The summed E-state index contributed by atoms with van der Waals surface area (Å²) in [6.45, 7) is 0.995. The largest absolute Gasteiger partial charge is 0.435 e. The van der Waals surface area contributed by atoms with E-state index >= 15 is 0 Å². The van der Waals surface area contributed by atoms with Crippen molar-refractivity contribution in [3.05, 3.63) is 59.9 Å². The molecule has 1 aliphatic heterocycles. The van der Waals surface area contributed by atoms with Gasteiger partial charge in [0.1, 0.15) is 11.6 Å². The molecule has 0 radical (unpaired) electrons. The number of hydrogen-bond donors (Lipinski definition) is 1. The summed E-state index contributed by atoms with van der Waals surface area (Å²) in [6.07, 6.45) is 0. The Kier molecular flexibility index (Phi) is 6.28. The molecule has 150 valence electrons. The third-order valence-electron chi connectivity index (χ3n) is 4.71. The summed E-state index contributed by atoms with van der Waals surface area (Å²) in [6, 6.07) is 12.2. The van der Waals surface area contributed by atoms with Gasteiger partial charge in [-0.2, -0.15) is 8.78 Å². The number of carbonyl (C=O) groups is 1. The van der Waals surface area contributed by atoms with Crippen molar-refractivity contribution in [2.45, 2.75) is 19.6 Å². The summed E-state index contributed by atoms with van der Waals surface area (Å²) in [5, 5.41) is 2.90. The van der Waals surface area contributed by atoms with Gasteiger partial charge in [-0.05, 0) is 36.8 Å². The van der Waals surface area contributed by atoms with Crippen molar-refractivity contribution < 1.29 is 22.7 Å². The molecule has 0 aliphatic carbocycles. The van der Waals surface area contributed by atoms with Crippen molar-refractivity contribution >= 4 is 11.7 Å². The van der Waals surface area contributed by atoms with Gasteiger partial charge >= 0.3 is 12.6 Å². The summed E-state index contributed by atoms with van der Waals surface area (Å²) in [4.78, 5) is 16.1. The van der Waals surface area contributed by atoms with Gasteiger partial charge in [0.15, 0.2) is 0 Å². The zero-order chi connectivity index (χ0) is 20.1. The molecule has 0 aromatic heterocycles. The van der Waals surface area contributed by atoms with E-state index in [4.69, 9.17) is 0 Å². The van der Waals surface area contributed by atoms with Crippen LogP contribution in [0.25, 0.3) is 0 Å². The lowest BCUT2D eigenvalue weighted by atomic mass is 10.1. The predicted octanol–water partition coefficient (Wildman–Crippen LogP) is 4.02. The maximum absolute atomic E-state index is 13.9. The monoisotopic (exact) mass is 393 g/mol. The lowest BCUT2D eigenvalue weighted by Crippen LogP contribution is -2.52. The molecule has 2 amide bonds. The van der Waals surface area contributed by atoms with Crippen LogP contribution < -0.4 is 15.0 Å². The Morgan fingerprint density at radius 3 is 2.29 bits per heavy atom. The Hall–Kier alpha value is -2.90. The molecule has 5 nitrogen and oxygen atoms in total. The molecule has 1 N–H and O–H groups in total. The number of halogens is 3. The summed E-state index contributed by atoms with van der Waals surface area (Å²) >= 11 is 0. The second kappa shape index (κ2) is 8.86. The maximum Gasteiger partial charge on any atom is 0.387 e. The fourth-order valence-electron chi connectivity index (χ4n) is 3.16. The minimum absolute atomic E-state index is 0.0709. The lowest BCUT2D eigenvalue weighted by Gasteiger charge is -2.36. The van der Waals surface area contributed by atoms with Gasteiger partial charge in [-0.1, -0.05) is 24.3 Å². The number of piperazine rings is 1. The number of carbonyl (C=O) groups excluding carboxylic acids is 1. The van der Waals surface area contributed by atoms with Crippen LogP contribution in [0, 0.1) is 5.82 Å². The normalized spacial score (nSPS) is 15.5. The van der Waals surface area contributed by atoms with Crippen LogP contribution in [0.2, 0.25) is 0 Å². The minimum atomic E-state index is -2.87. The van der Waals surface area contributed by atoms with Gasteiger partial charge in [0, 0.05) is 26.2 Å². The van der Waals surface area contributed by atoms with E-state index in [1.807, 2.05) is 11.8 Å². The van der Waals surface area contributed by atoms with Crippen molar-refractivity contribution in [3.63, 3.8) is 0 Å². The Bertz CT molecular complexity index is 794. The van der Waals surface area contributed by atoms with Crippen LogP contribution in [0.5, 0.6) is 5.75 Å². The number of anilines is 1. The number of benzene rings is 2. The molecule has 1 unspecified atom stereocenters. The van der Waals surface area contributed by atoms with Gasteiger partial charge in [-0.15, -0.1) is 0 Å². The number of para-hydroxylation sites is 1. The first-order valence-corrected chi connectivity index (χ1v) is 9.03. The first kappa shape index (κ1) is 19.9. The van der Waals surface area contributed by atoms with E-state index < -0.39 is 6.61 Å². The molecule has 1 saturated heterocycles. The number of rotatable bonds is 5. The van der Waals surface area contributed by atoms with Crippen LogP contribution in [0.4, 0.5) is 23.7 Å². The van der Waals surface area contributed by atoms with Gasteiger partial charge < -0.3 is 19.9 Å².